The summed E-state index contributed by atoms with van der Waals surface area (Å²) in [5.74, 6) is -1.07. The van der Waals surface area contributed by atoms with E-state index in [0.717, 1.165) is 185 Å². The van der Waals surface area contributed by atoms with E-state index in [0.29, 0.717) is 71.9 Å². The first-order chi connectivity index (χ1) is 58.6. The minimum absolute atomic E-state index is 0.0695. The van der Waals surface area contributed by atoms with E-state index in [9.17, 15) is 61.6 Å². The van der Waals surface area contributed by atoms with Gasteiger partial charge in [-0.25, -0.2) is 46.8 Å². The van der Waals surface area contributed by atoms with E-state index in [2.05, 4.69) is 82.8 Å². The molecule has 16 rings (SSSR count). The molecule has 32 nitrogen and oxygen atoms in total. The van der Waals surface area contributed by atoms with Crippen LogP contribution in [0.5, 0.6) is 0 Å². The number of hydrogen-bond acceptors (Lipinski definition) is 20. The predicted octanol–water partition coefficient (Wildman–Crippen LogP) is 12.0. The van der Waals surface area contributed by atoms with Crippen molar-refractivity contribution < 1.29 is 61.6 Å². The maximum absolute atomic E-state index is 14.1. The lowest BCUT2D eigenvalue weighted by molar-refractivity contribution is 0.168. The van der Waals surface area contributed by atoms with Gasteiger partial charge in [0.25, 0.3) is 40.1 Å². The van der Waals surface area contributed by atoms with E-state index in [4.69, 9.17) is 0 Å². The van der Waals surface area contributed by atoms with Crippen molar-refractivity contribution in [3.63, 3.8) is 0 Å². The lowest BCUT2D eigenvalue weighted by atomic mass is 9.92. The summed E-state index contributed by atoms with van der Waals surface area (Å²) in [5.41, 5.74) is 17.8. The number of likely N-dealkylation sites (tertiary alicyclic amines) is 2. The van der Waals surface area contributed by atoms with Crippen LogP contribution in [-0.4, -0.2) is 169 Å². The number of halogens is 2. The Bertz CT molecular complexity index is 5740. The number of aromatic nitrogens is 8. The predicted molar refractivity (Wildman–Crippen MR) is 469 cm³/mol. The van der Waals surface area contributed by atoms with Crippen LogP contribution < -0.4 is 40.2 Å². The Labute approximate surface area is 726 Å². The van der Waals surface area contributed by atoms with Crippen molar-refractivity contribution in [1.82, 2.24) is 77.6 Å². The molecule has 2 saturated heterocycles. The number of amides is 8. The lowest BCUT2D eigenvalue weighted by Gasteiger charge is -2.30. The number of nitrogens with zero attached hydrogens (tertiary/aromatic N) is 12. The van der Waals surface area contributed by atoms with Gasteiger partial charge in [-0.15, -0.1) is 0 Å². The molecule has 4 aromatic carbocycles. The van der Waals surface area contributed by atoms with Gasteiger partial charge in [-0.05, 0) is 271 Å². The maximum Gasteiger partial charge on any atom is 0.333 e. The molecule has 0 radical (unpaired) electrons. The standard InChI is InChI=1S/C22H32FN5O3S.C22H29N5O3S.C21H30FN5O3S.C21H27N5O3S/c1-13(2)18-9-15(23)10-19(14(3)4)21(18)24-22(29)26-32(30,31)20-11-17(28(6)25-20)12-27(5)16-7-8-16;1-26(16-9-10-16)13-17-12-20(24-27(17)2)31(29,30)25-22(28)23-21-18-7-3-5-14(18)11-15-6-4-8-19(15)21;1-13(2)17-9-15(22)10-18(14(3)4)20(17)23-21(28)25-31(29,30)19-11-16(26(5)24-19)12-27-7-6-8-27;1-25-16(13-26-9-4-10-26)12-19(23-25)30(28,29)24-21(27)22-20-17-7-2-5-14(17)11-15-6-3-8-18(15)20/h9-11,13-14,16H,7-8,12H2,1-6H3,(H2,24,26,29);11-12,16H,3-10,13H2,1-2H3,(H2,23,25,28);9-11,13-14H,6-8,12H2,1-5H3,(H2,23,25,28);11-12H,2-10,13H2,1H3,(H2,22,24,27). The van der Waals surface area contributed by atoms with Gasteiger partial charge in [0, 0.05) is 113 Å². The smallest absolute Gasteiger partial charge is 0.307 e. The molecule has 8 aliphatic rings. The third-order valence-electron chi connectivity index (χ3n) is 24.4. The van der Waals surface area contributed by atoms with Gasteiger partial charge in [-0.2, -0.15) is 54.1 Å². The van der Waals surface area contributed by atoms with Crippen molar-refractivity contribution in [2.45, 2.75) is 253 Å². The molecule has 0 spiro atoms. The molecule has 8 amide bonds. The molecule has 672 valence electrons. The zero-order valence-corrected chi connectivity index (χ0v) is 76.5. The topological polar surface area (TPSA) is 385 Å². The minimum atomic E-state index is -4.18. The number of hydrogen-bond donors (Lipinski definition) is 8. The van der Waals surface area contributed by atoms with Crippen LogP contribution in [0.4, 0.5) is 50.7 Å². The molecule has 6 heterocycles. The van der Waals surface area contributed by atoms with Crippen molar-refractivity contribution in [2.24, 2.45) is 28.2 Å². The summed E-state index contributed by atoms with van der Waals surface area (Å²) < 4.78 is 145. The SMILES string of the molecule is CC(C)c1cc(F)cc(C(C)C)c1NC(=O)NS(=O)(=O)c1cc(CN(C)C2CC2)n(C)n1.CC(C)c1cc(F)cc(C(C)C)c1NC(=O)NS(=O)(=O)c1cc(CN2CCC2)n(C)n1.CN(Cc1cc(S(=O)(=O)NC(=O)Nc2c3c(cc4c2CCC4)CCC3)nn1C)C1CC1.Cn1nc(S(=O)(=O)NC(=O)Nc2c3c(cc4c2CCC4)CCC3)cc1CN1CCC1. The fourth-order valence-electron chi connectivity index (χ4n) is 17.0. The lowest BCUT2D eigenvalue weighted by Crippen LogP contribution is -2.36. The number of fused-ring (bicyclic) bond motifs is 4. The number of anilines is 4. The number of aryl methyl sites for hydroxylation is 8. The molecule has 8 N–H and O–H groups in total. The molecule has 4 fully saturated rings. The van der Waals surface area contributed by atoms with E-state index in [-0.39, 0.29) is 43.8 Å². The molecule has 38 heteroatoms. The molecule has 0 unspecified atom stereocenters. The molecule has 0 bridgehead atoms. The third kappa shape index (κ3) is 21.9. The summed E-state index contributed by atoms with van der Waals surface area (Å²) in [5, 5.41) is 26.7. The minimum Gasteiger partial charge on any atom is -0.307 e. The summed E-state index contributed by atoms with van der Waals surface area (Å²) in [6.07, 6.45) is 19.0. The highest BCUT2D eigenvalue weighted by Gasteiger charge is 2.35. The molecule has 2 aliphatic heterocycles. The van der Waals surface area contributed by atoms with Crippen molar-refractivity contribution in [3.8, 4) is 0 Å². The summed E-state index contributed by atoms with van der Waals surface area (Å²) in [7, 11) is -5.63. The number of sulfonamides is 4. The first kappa shape index (κ1) is 92.0. The molecule has 4 aromatic heterocycles. The van der Waals surface area contributed by atoms with Gasteiger partial charge >= 0.3 is 24.1 Å². The van der Waals surface area contributed by atoms with Gasteiger partial charge in [-0.3, -0.25) is 38.3 Å². The second kappa shape index (κ2) is 37.8. The molecule has 8 aromatic rings. The van der Waals surface area contributed by atoms with Gasteiger partial charge in [0.15, 0.2) is 20.1 Å². The summed E-state index contributed by atoms with van der Waals surface area (Å²) in [6.45, 7) is 21.5. The van der Waals surface area contributed by atoms with E-state index in [1.165, 1.54) is 80.9 Å². The molecule has 6 aliphatic carbocycles. The molecule has 0 atom stereocenters. The van der Waals surface area contributed by atoms with E-state index in [1.807, 2.05) is 78.9 Å². The molecule has 2 saturated carbocycles. The number of nitrogens with one attached hydrogen (secondary N) is 8. The normalized spacial score (nSPS) is 16.2. The number of benzene rings is 4. The largest absolute Gasteiger partial charge is 0.333 e. The number of carbonyl (C=O) groups is 4. The fraction of sp³-hybridized carbons (Fsp3) is 0.535. The summed E-state index contributed by atoms with van der Waals surface area (Å²) in [4.78, 5) is 59.5. The van der Waals surface area contributed by atoms with Crippen LogP contribution in [0.15, 0.2) is 80.8 Å². The second-order valence-electron chi connectivity index (χ2n) is 35.2. The average Bonchev–Trinajstić information content (AvgIpc) is 1.59. The Morgan fingerprint density at radius 2 is 0.605 bits per heavy atom. The van der Waals surface area contributed by atoms with Crippen molar-refractivity contribution in [1.29, 1.82) is 0 Å². The third-order valence-corrected chi connectivity index (χ3v) is 29.2. The van der Waals surface area contributed by atoms with Crippen LogP contribution >= 0.6 is 0 Å². The van der Waals surface area contributed by atoms with Gasteiger partial charge < -0.3 is 21.3 Å². The van der Waals surface area contributed by atoms with Crippen LogP contribution in [0.1, 0.15) is 233 Å². The Morgan fingerprint density at radius 3 is 0.839 bits per heavy atom. The fourth-order valence-corrected chi connectivity index (χ4v) is 20.6. The van der Waals surface area contributed by atoms with Gasteiger partial charge in [0.05, 0.1) is 22.8 Å². The maximum atomic E-state index is 14.1. The van der Waals surface area contributed by atoms with Crippen LogP contribution in [0, 0.1) is 11.6 Å². The van der Waals surface area contributed by atoms with Crippen LogP contribution in [0.2, 0.25) is 0 Å². The first-order valence-corrected chi connectivity index (χ1v) is 48.8. The molecule has 124 heavy (non-hydrogen) atoms. The Morgan fingerprint density at radius 1 is 0.363 bits per heavy atom. The van der Waals surface area contributed by atoms with E-state index >= 15 is 0 Å². The molecular formula is C86H118F2N20O12S4. The number of rotatable bonds is 26. The van der Waals surface area contributed by atoms with Crippen LogP contribution in [0.25, 0.3) is 0 Å². The number of urea groups is 4. The first-order valence-electron chi connectivity index (χ1n) is 42.9. The Kier molecular flexibility index (Phi) is 28.1. The van der Waals surface area contributed by atoms with Gasteiger partial charge in [-0.1, -0.05) is 67.5 Å². The zero-order chi connectivity index (χ0) is 89.3. The number of carbonyl (C=O) groups excluding carboxylic acids is 4. The van der Waals surface area contributed by atoms with Crippen molar-refractivity contribution >= 4 is 87.0 Å². The van der Waals surface area contributed by atoms with Crippen LogP contribution in [-0.2, 0) is 146 Å². The highest BCUT2D eigenvalue weighted by atomic mass is 32.2. The average molecular weight is 1790 g/mol. The summed E-state index contributed by atoms with van der Waals surface area (Å²) >= 11 is 0. The summed E-state index contributed by atoms with van der Waals surface area (Å²) in [6, 6.07) is 13.9. The Balaban J connectivity index is 0.000000142. The van der Waals surface area contributed by atoms with Crippen LogP contribution in [0.3, 0.4) is 0 Å². The highest BCUT2D eigenvalue weighted by molar-refractivity contribution is 7.90. The van der Waals surface area contributed by atoms with Crippen molar-refractivity contribution in [2.75, 3.05) is 61.5 Å². The Hall–Kier alpha value is -9.70. The zero-order valence-electron chi connectivity index (χ0n) is 73.3. The van der Waals surface area contributed by atoms with Gasteiger partial charge in [0.1, 0.15) is 11.6 Å². The molecular weight excluding hydrogens is 1670 g/mol. The van der Waals surface area contributed by atoms with E-state index in [1.54, 1.807) is 49.7 Å². The van der Waals surface area contributed by atoms with Gasteiger partial charge in [0.2, 0.25) is 0 Å². The second-order valence-corrected chi connectivity index (χ2v) is 41.7. The quantitative estimate of drug-likeness (QED) is 0.0250. The monoisotopic (exact) mass is 1790 g/mol. The van der Waals surface area contributed by atoms with Crippen molar-refractivity contribution in [3.05, 3.63) is 162 Å². The van der Waals surface area contributed by atoms with E-state index < -0.39 is 75.9 Å². The highest BCUT2D eigenvalue weighted by Crippen LogP contribution is 2.42.